The fourth-order valence-electron chi connectivity index (χ4n) is 3.15. The van der Waals surface area contributed by atoms with E-state index >= 15 is 0 Å². The second kappa shape index (κ2) is 8.95. The van der Waals surface area contributed by atoms with Crippen molar-refractivity contribution < 1.29 is 32.6 Å². The van der Waals surface area contributed by atoms with E-state index in [1.54, 1.807) is 18.2 Å². The number of halogens is 3. The zero-order valence-electron chi connectivity index (χ0n) is 16.0. The fourth-order valence-corrected chi connectivity index (χ4v) is 3.97. The summed E-state index contributed by atoms with van der Waals surface area (Å²) in [5, 5.41) is 8.71. The summed E-state index contributed by atoms with van der Waals surface area (Å²) in [6.07, 6.45) is -4.44. The van der Waals surface area contributed by atoms with Gasteiger partial charge in [0.2, 0.25) is 0 Å². The van der Waals surface area contributed by atoms with Gasteiger partial charge in [-0.2, -0.15) is 13.2 Å². The van der Waals surface area contributed by atoms with Crippen LogP contribution >= 0.6 is 11.8 Å². The monoisotopic (exact) mass is 440 g/mol. The first kappa shape index (κ1) is 21.9. The van der Waals surface area contributed by atoms with Crippen LogP contribution < -0.4 is 4.74 Å². The van der Waals surface area contributed by atoms with Crippen LogP contribution in [0, 0.1) is 0 Å². The summed E-state index contributed by atoms with van der Waals surface area (Å²) in [5.74, 6) is 0.0366. The minimum absolute atomic E-state index is 0.0619. The van der Waals surface area contributed by atoms with Crippen LogP contribution in [-0.2, 0) is 23.9 Å². The maximum atomic E-state index is 13.3. The lowest BCUT2D eigenvalue weighted by molar-refractivity contribution is -0.141. The number of aromatic nitrogens is 1. The SMILES string of the molecule is COc1ccc(CCC(=O)O)cc1-c1ccc(C(F)(F)F)nc1CN1CCSC1=O. The second-order valence-corrected chi connectivity index (χ2v) is 7.70. The van der Waals surface area contributed by atoms with E-state index in [1.165, 1.54) is 18.1 Å². The molecule has 2 heterocycles. The summed E-state index contributed by atoms with van der Waals surface area (Å²) in [7, 11) is 1.44. The Labute approximate surface area is 175 Å². The number of benzene rings is 1. The smallest absolute Gasteiger partial charge is 0.433 e. The van der Waals surface area contributed by atoms with E-state index in [1.807, 2.05) is 0 Å². The van der Waals surface area contributed by atoms with E-state index < -0.39 is 17.8 Å². The zero-order chi connectivity index (χ0) is 21.9. The molecule has 160 valence electrons. The molecule has 1 amide bonds. The number of hydrogen-bond acceptors (Lipinski definition) is 5. The predicted octanol–water partition coefficient (Wildman–Crippen LogP) is 4.46. The molecule has 0 spiro atoms. The van der Waals surface area contributed by atoms with Crippen molar-refractivity contribution in [3.8, 4) is 16.9 Å². The number of pyridine rings is 1. The minimum Gasteiger partial charge on any atom is -0.496 e. The van der Waals surface area contributed by atoms with Crippen molar-refractivity contribution in [2.75, 3.05) is 19.4 Å². The molecule has 10 heteroatoms. The molecular weight excluding hydrogens is 421 g/mol. The summed E-state index contributed by atoms with van der Waals surface area (Å²) < 4.78 is 45.1. The first-order chi connectivity index (χ1) is 14.2. The molecule has 1 aromatic heterocycles. The van der Waals surface area contributed by atoms with E-state index in [4.69, 9.17) is 9.84 Å². The number of alkyl halides is 3. The molecule has 3 rings (SSSR count). The third-order valence-corrected chi connectivity index (χ3v) is 5.52. The maximum absolute atomic E-state index is 13.3. The molecule has 1 N–H and O–H groups in total. The number of carboxylic acid groups (broad SMARTS) is 1. The van der Waals surface area contributed by atoms with Crippen molar-refractivity contribution in [3.63, 3.8) is 0 Å². The maximum Gasteiger partial charge on any atom is 0.433 e. The number of thioether (sulfide) groups is 1. The highest BCUT2D eigenvalue weighted by Crippen LogP contribution is 2.37. The van der Waals surface area contributed by atoms with Crippen molar-refractivity contribution in [3.05, 3.63) is 47.3 Å². The van der Waals surface area contributed by atoms with E-state index in [9.17, 15) is 22.8 Å². The Balaban J connectivity index is 2.08. The Morgan fingerprint density at radius 3 is 2.63 bits per heavy atom. The van der Waals surface area contributed by atoms with Crippen LogP contribution in [0.25, 0.3) is 11.1 Å². The molecule has 1 aliphatic heterocycles. The topological polar surface area (TPSA) is 79.7 Å². The van der Waals surface area contributed by atoms with Gasteiger partial charge in [-0.3, -0.25) is 9.59 Å². The molecule has 0 bridgehead atoms. The van der Waals surface area contributed by atoms with Crippen LogP contribution in [0.5, 0.6) is 5.75 Å². The number of hydrogen-bond donors (Lipinski definition) is 1. The van der Waals surface area contributed by atoms with Gasteiger partial charge in [-0.05, 0) is 30.2 Å². The molecular formula is C20H19F3N2O4S. The van der Waals surface area contributed by atoms with Crippen molar-refractivity contribution in [1.82, 2.24) is 9.88 Å². The second-order valence-electron chi connectivity index (χ2n) is 6.65. The average Bonchev–Trinajstić information content (AvgIpc) is 3.10. The molecule has 1 aliphatic rings. The molecule has 0 radical (unpaired) electrons. The van der Waals surface area contributed by atoms with Gasteiger partial charge in [-0.15, -0.1) is 0 Å². The first-order valence-corrected chi connectivity index (χ1v) is 10.1. The van der Waals surface area contributed by atoms with Crippen LogP contribution in [0.2, 0.25) is 0 Å². The molecule has 30 heavy (non-hydrogen) atoms. The third kappa shape index (κ3) is 5.05. The number of aliphatic carboxylic acids is 1. The number of aryl methyl sites for hydroxylation is 1. The molecule has 1 fully saturated rings. The molecule has 0 aliphatic carbocycles. The van der Waals surface area contributed by atoms with E-state index in [0.29, 0.717) is 34.7 Å². The Morgan fingerprint density at radius 2 is 2.03 bits per heavy atom. The van der Waals surface area contributed by atoms with Crippen molar-refractivity contribution in [2.24, 2.45) is 0 Å². The third-order valence-electron chi connectivity index (χ3n) is 4.63. The van der Waals surface area contributed by atoms with Crippen LogP contribution in [0.15, 0.2) is 30.3 Å². The lowest BCUT2D eigenvalue weighted by Gasteiger charge is -2.20. The molecule has 6 nitrogen and oxygen atoms in total. The van der Waals surface area contributed by atoms with Gasteiger partial charge >= 0.3 is 12.1 Å². The lowest BCUT2D eigenvalue weighted by Crippen LogP contribution is -2.24. The van der Waals surface area contributed by atoms with Crippen molar-refractivity contribution >= 4 is 23.0 Å². The van der Waals surface area contributed by atoms with Gasteiger partial charge in [0, 0.05) is 29.8 Å². The van der Waals surface area contributed by atoms with Gasteiger partial charge < -0.3 is 14.7 Å². The minimum atomic E-state index is -4.62. The molecule has 2 aromatic rings. The molecule has 0 unspecified atom stereocenters. The Hall–Kier alpha value is -2.75. The summed E-state index contributed by atoms with van der Waals surface area (Å²) in [6, 6.07) is 7.25. The van der Waals surface area contributed by atoms with Gasteiger partial charge in [0.25, 0.3) is 5.24 Å². The van der Waals surface area contributed by atoms with E-state index in [0.717, 1.165) is 17.8 Å². The number of carboxylic acids is 1. The van der Waals surface area contributed by atoms with Crippen LogP contribution in [0.1, 0.15) is 23.4 Å². The first-order valence-electron chi connectivity index (χ1n) is 9.07. The molecule has 1 saturated heterocycles. The largest absolute Gasteiger partial charge is 0.496 e. The molecule has 0 atom stereocenters. The summed E-state index contributed by atoms with van der Waals surface area (Å²) >= 11 is 1.11. The van der Waals surface area contributed by atoms with Gasteiger partial charge in [0.05, 0.1) is 19.3 Å². The normalized spacial score (nSPS) is 14.3. The number of nitrogens with zero attached hydrogens (tertiary/aromatic N) is 2. The number of methoxy groups -OCH3 is 1. The number of ether oxygens (including phenoxy) is 1. The lowest BCUT2D eigenvalue weighted by atomic mass is 9.98. The van der Waals surface area contributed by atoms with Gasteiger partial charge in [0.15, 0.2) is 0 Å². The highest BCUT2D eigenvalue weighted by Gasteiger charge is 2.34. The van der Waals surface area contributed by atoms with Crippen molar-refractivity contribution in [1.29, 1.82) is 0 Å². The number of carbonyl (C=O) groups excluding carboxylic acids is 1. The van der Waals surface area contributed by atoms with Gasteiger partial charge in [-0.1, -0.05) is 23.9 Å². The van der Waals surface area contributed by atoms with E-state index in [-0.39, 0.29) is 30.3 Å². The Kier molecular flexibility index (Phi) is 6.55. The van der Waals surface area contributed by atoms with Crippen LogP contribution in [-0.4, -0.2) is 45.6 Å². The quantitative estimate of drug-likeness (QED) is 0.685. The number of rotatable bonds is 7. The van der Waals surface area contributed by atoms with E-state index in [2.05, 4.69) is 4.98 Å². The van der Waals surface area contributed by atoms with Crippen molar-refractivity contribution in [2.45, 2.75) is 25.6 Å². The van der Waals surface area contributed by atoms with Crippen LogP contribution in [0.4, 0.5) is 18.0 Å². The average molecular weight is 440 g/mol. The molecule has 1 aromatic carbocycles. The summed E-state index contributed by atoms with van der Waals surface area (Å²) in [6.45, 7) is 0.365. The highest BCUT2D eigenvalue weighted by atomic mass is 32.2. The summed E-state index contributed by atoms with van der Waals surface area (Å²) in [4.78, 5) is 28.1. The Morgan fingerprint density at radius 1 is 1.27 bits per heavy atom. The summed E-state index contributed by atoms with van der Waals surface area (Å²) in [5.41, 5.74) is 0.667. The Bertz CT molecular complexity index is 966. The van der Waals surface area contributed by atoms with Crippen LogP contribution in [0.3, 0.4) is 0 Å². The number of amides is 1. The zero-order valence-corrected chi connectivity index (χ0v) is 16.8. The van der Waals surface area contributed by atoms with Gasteiger partial charge in [0.1, 0.15) is 11.4 Å². The number of carbonyl (C=O) groups is 2. The highest BCUT2D eigenvalue weighted by molar-refractivity contribution is 8.13. The standard InChI is InChI=1S/C20H19F3N2O4S/c1-29-16-5-2-12(3-7-18(26)27)10-14(16)13-4-6-17(20(21,22)23)24-15(13)11-25-8-9-30-19(25)28/h2,4-6,10H,3,7-9,11H2,1H3,(H,26,27). The fraction of sp³-hybridized carbons (Fsp3) is 0.350. The molecule has 0 saturated carbocycles. The predicted molar refractivity (Wildman–Crippen MR) is 105 cm³/mol. The van der Waals surface area contributed by atoms with Gasteiger partial charge in [-0.25, -0.2) is 4.98 Å².